The molecule has 21 heavy (non-hydrogen) atoms. The van der Waals surface area contributed by atoms with Crippen molar-refractivity contribution in [1.82, 2.24) is 0 Å². The summed E-state index contributed by atoms with van der Waals surface area (Å²) in [7, 11) is 0. The minimum atomic E-state index is 0.0611. The molecule has 1 atom stereocenters. The molecule has 0 saturated carbocycles. The molecule has 0 N–H and O–H groups in total. The molecule has 2 nitrogen and oxygen atoms in total. The van der Waals surface area contributed by atoms with E-state index in [1.165, 1.54) is 0 Å². The number of Topliss-reactive ketones (excluding diaryl/α,β-unsaturated/α-hetero) is 2. The number of fused-ring (bicyclic) bond motifs is 1. The van der Waals surface area contributed by atoms with Crippen LogP contribution in [-0.2, 0) is 6.42 Å². The van der Waals surface area contributed by atoms with E-state index in [9.17, 15) is 9.59 Å². The standard InChI is InChI=1S/C19H18O2/c20-18(14-7-2-1-3-8-14)12-6-10-16-13-15-9-4-5-11-17(15)19(16)21/h1-5,7-9,11,16H,6,10,12-13H2. The van der Waals surface area contributed by atoms with Crippen molar-refractivity contribution in [3.63, 3.8) is 0 Å². The Bertz CT molecular complexity index is 658. The molecule has 0 radical (unpaired) electrons. The first-order chi connectivity index (χ1) is 10.3. The van der Waals surface area contributed by atoms with Crippen molar-refractivity contribution in [2.24, 2.45) is 5.92 Å². The molecular formula is C19H18O2. The van der Waals surface area contributed by atoms with Gasteiger partial charge in [-0.1, -0.05) is 54.6 Å². The van der Waals surface area contributed by atoms with Gasteiger partial charge in [0, 0.05) is 23.5 Å². The fourth-order valence-electron chi connectivity index (χ4n) is 3.03. The van der Waals surface area contributed by atoms with Crippen molar-refractivity contribution in [2.75, 3.05) is 0 Å². The van der Waals surface area contributed by atoms with Crippen LogP contribution in [0.5, 0.6) is 0 Å². The molecule has 0 spiro atoms. The summed E-state index contributed by atoms with van der Waals surface area (Å²) in [5, 5.41) is 0. The highest BCUT2D eigenvalue weighted by Gasteiger charge is 2.29. The topological polar surface area (TPSA) is 34.1 Å². The van der Waals surface area contributed by atoms with Crippen molar-refractivity contribution in [3.8, 4) is 0 Å². The number of hydrogen-bond acceptors (Lipinski definition) is 2. The van der Waals surface area contributed by atoms with Gasteiger partial charge >= 0.3 is 0 Å². The summed E-state index contributed by atoms with van der Waals surface area (Å²) >= 11 is 0. The van der Waals surface area contributed by atoms with Gasteiger partial charge in [0.05, 0.1) is 0 Å². The minimum Gasteiger partial charge on any atom is -0.294 e. The molecule has 3 rings (SSSR count). The third-order valence-corrected chi connectivity index (χ3v) is 4.17. The Labute approximate surface area is 124 Å². The van der Waals surface area contributed by atoms with Crippen molar-refractivity contribution < 1.29 is 9.59 Å². The van der Waals surface area contributed by atoms with E-state index in [-0.39, 0.29) is 17.5 Å². The summed E-state index contributed by atoms with van der Waals surface area (Å²) in [5.74, 6) is 0.474. The maximum absolute atomic E-state index is 12.3. The van der Waals surface area contributed by atoms with E-state index < -0.39 is 0 Å². The Morgan fingerprint density at radius 3 is 2.48 bits per heavy atom. The largest absolute Gasteiger partial charge is 0.294 e. The first-order valence-electron chi connectivity index (χ1n) is 7.46. The lowest BCUT2D eigenvalue weighted by Gasteiger charge is -2.07. The fourth-order valence-corrected chi connectivity index (χ4v) is 3.03. The molecule has 2 heteroatoms. The molecule has 0 aliphatic heterocycles. The zero-order valence-electron chi connectivity index (χ0n) is 11.9. The Balaban J connectivity index is 1.54. The number of ketones is 2. The summed E-state index contributed by atoms with van der Waals surface area (Å²) in [6, 6.07) is 17.2. The fraction of sp³-hybridized carbons (Fsp3) is 0.263. The number of carbonyl (C=O) groups excluding carboxylic acids is 2. The highest BCUT2D eigenvalue weighted by molar-refractivity contribution is 6.02. The second kappa shape index (κ2) is 6.04. The molecule has 0 saturated heterocycles. The summed E-state index contributed by atoms with van der Waals surface area (Å²) in [5.41, 5.74) is 2.79. The van der Waals surface area contributed by atoms with Gasteiger partial charge in [0.2, 0.25) is 0 Å². The average molecular weight is 278 g/mol. The van der Waals surface area contributed by atoms with Crippen LogP contribution in [0.3, 0.4) is 0 Å². The molecule has 0 amide bonds. The molecule has 1 unspecified atom stereocenters. The maximum atomic E-state index is 12.3. The normalized spacial score (nSPS) is 16.8. The van der Waals surface area contributed by atoms with Gasteiger partial charge in [-0.05, 0) is 24.8 Å². The highest BCUT2D eigenvalue weighted by atomic mass is 16.1. The van der Waals surface area contributed by atoms with Gasteiger partial charge in [0.15, 0.2) is 11.6 Å². The van der Waals surface area contributed by atoms with E-state index in [2.05, 4.69) is 0 Å². The van der Waals surface area contributed by atoms with E-state index in [1.807, 2.05) is 54.6 Å². The van der Waals surface area contributed by atoms with Crippen LogP contribution in [0.4, 0.5) is 0 Å². The molecule has 106 valence electrons. The first kappa shape index (κ1) is 13.7. The van der Waals surface area contributed by atoms with E-state index in [0.29, 0.717) is 6.42 Å². The predicted molar refractivity (Wildman–Crippen MR) is 82.6 cm³/mol. The Morgan fingerprint density at radius 1 is 1.00 bits per heavy atom. The van der Waals surface area contributed by atoms with Gasteiger partial charge in [-0.2, -0.15) is 0 Å². The summed E-state index contributed by atoms with van der Waals surface area (Å²) in [4.78, 5) is 24.3. The van der Waals surface area contributed by atoms with Gasteiger partial charge < -0.3 is 0 Å². The Morgan fingerprint density at radius 2 is 1.71 bits per heavy atom. The third-order valence-electron chi connectivity index (χ3n) is 4.17. The number of rotatable bonds is 5. The van der Waals surface area contributed by atoms with Crippen LogP contribution in [0.15, 0.2) is 54.6 Å². The lowest BCUT2D eigenvalue weighted by molar-refractivity contribution is 0.0915. The van der Waals surface area contributed by atoms with Crippen LogP contribution in [0.2, 0.25) is 0 Å². The van der Waals surface area contributed by atoms with Crippen molar-refractivity contribution in [2.45, 2.75) is 25.7 Å². The van der Waals surface area contributed by atoms with Crippen LogP contribution >= 0.6 is 0 Å². The minimum absolute atomic E-state index is 0.0611. The second-order valence-corrected chi connectivity index (χ2v) is 5.60. The van der Waals surface area contributed by atoms with Gasteiger partial charge in [-0.15, -0.1) is 0 Å². The van der Waals surface area contributed by atoms with Gasteiger partial charge in [0.1, 0.15) is 0 Å². The molecule has 2 aromatic rings. The van der Waals surface area contributed by atoms with E-state index in [1.54, 1.807) is 0 Å². The molecule has 0 aromatic heterocycles. The SMILES string of the molecule is O=C(CCCC1Cc2ccccc2C1=O)c1ccccc1. The van der Waals surface area contributed by atoms with Gasteiger partial charge in [-0.25, -0.2) is 0 Å². The monoisotopic (exact) mass is 278 g/mol. The van der Waals surface area contributed by atoms with E-state index >= 15 is 0 Å². The van der Waals surface area contributed by atoms with Crippen LogP contribution < -0.4 is 0 Å². The van der Waals surface area contributed by atoms with Gasteiger partial charge in [-0.3, -0.25) is 9.59 Å². The van der Waals surface area contributed by atoms with Crippen LogP contribution in [-0.4, -0.2) is 11.6 Å². The highest BCUT2D eigenvalue weighted by Crippen LogP contribution is 2.29. The van der Waals surface area contributed by atoms with Crippen molar-refractivity contribution in [1.29, 1.82) is 0 Å². The lowest BCUT2D eigenvalue weighted by atomic mass is 9.96. The Hall–Kier alpha value is -2.22. The smallest absolute Gasteiger partial charge is 0.166 e. The molecule has 2 aromatic carbocycles. The molecular weight excluding hydrogens is 260 g/mol. The molecule has 1 aliphatic rings. The average Bonchev–Trinajstić information content (AvgIpc) is 2.85. The summed E-state index contributed by atoms with van der Waals surface area (Å²) < 4.78 is 0. The number of carbonyl (C=O) groups is 2. The zero-order chi connectivity index (χ0) is 14.7. The first-order valence-corrected chi connectivity index (χ1v) is 7.46. The van der Waals surface area contributed by atoms with Crippen LogP contribution in [0.1, 0.15) is 45.5 Å². The van der Waals surface area contributed by atoms with Crippen molar-refractivity contribution >= 4 is 11.6 Å². The number of benzene rings is 2. The van der Waals surface area contributed by atoms with Gasteiger partial charge in [0.25, 0.3) is 0 Å². The maximum Gasteiger partial charge on any atom is 0.166 e. The van der Waals surface area contributed by atoms with E-state index in [4.69, 9.17) is 0 Å². The third kappa shape index (κ3) is 2.94. The van der Waals surface area contributed by atoms with Crippen LogP contribution in [0, 0.1) is 5.92 Å². The molecule has 1 aliphatic carbocycles. The molecule has 0 fully saturated rings. The number of hydrogen-bond donors (Lipinski definition) is 0. The quantitative estimate of drug-likeness (QED) is 0.772. The molecule has 0 heterocycles. The van der Waals surface area contributed by atoms with Crippen molar-refractivity contribution in [3.05, 3.63) is 71.3 Å². The lowest BCUT2D eigenvalue weighted by Crippen LogP contribution is -2.10. The predicted octanol–water partition coefficient (Wildman–Crippen LogP) is 4.09. The zero-order valence-corrected chi connectivity index (χ0v) is 11.9. The van der Waals surface area contributed by atoms with Crippen LogP contribution in [0.25, 0.3) is 0 Å². The summed E-state index contributed by atoms with van der Waals surface area (Å²) in [6.45, 7) is 0. The summed E-state index contributed by atoms with van der Waals surface area (Å²) in [6.07, 6.45) is 2.92. The second-order valence-electron chi connectivity index (χ2n) is 5.60. The molecule has 0 bridgehead atoms. The Kier molecular flexibility index (Phi) is 3.96. The van der Waals surface area contributed by atoms with E-state index in [0.717, 1.165) is 36.0 Å².